The van der Waals surface area contributed by atoms with Crippen molar-refractivity contribution in [2.75, 3.05) is 13.1 Å². The summed E-state index contributed by atoms with van der Waals surface area (Å²) in [7, 11) is 0. The second-order valence-electron chi connectivity index (χ2n) is 5.26. The molecule has 1 N–H and O–H groups in total. The van der Waals surface area contributed by atoms with Crippen molar-refractivity contribution in [3.05, 3.63) is 30.1 Å². The van der Waals surface area contributed by atoms with Crippen LogP contribution < -0.4 is 4.74 Å². The highest BCUT2D eigenvalue weighted by atomic mass is 19.1. The molecule has 0 aliphatic carbocycles. The van der Waals surface area contributed by atoms with Gasteiger partial charge >= 0.3 is 0 Å². The predicted octanol–water partition coefficient (Wildman–Crippen LogP) is 1.82. The Labute approximate surface area is 118 Å². The number of halogens is 1. The number of rotatable bonds is 4. The number of nitrogens with zero attached hydrogens (tertiary/aromatic N) is 1. The third-order valence-corrected chi connectivity index (χ3v) is 3.71. The van der Waals surface area contributed by atoms with E-state index in [0.717, 1.165) is 6.42 Å². The first kappa shape index (κ1) is 14.8. The fourth-order valence-corrected chi connectivity index (χ4v) is 2.42. The third kappa shape index (κ3) is 3.28. The van der Waals surface area contributed by atoms with Crippen LogP contribution in [0.3, 0.4) is 0 Å². The van der Waals surface area contributed by atoms with Crippen LogP contribution in [0, 0.1) is 11.7 Å². The van der Waals surface area contributed by atoms with Gasteiger partial charge in [0, 0.05) is 19.0 Å². The quantitative estimate of drug-likeness (QED) is 0.916. The number of benzene rings is 1. The van der Waals surface area contributed by atoms with Gasteiger partial charge in [-0.05, 0) is 32.4 Å². The second kappa shape index (κ2) is 6.22. The zero-order valence-electron chi connectivity index (χ0n) is 11.8. The van der Waals surface area contributed by atoms with Gasteiger partial charge in [-0.25, -0.2) is 4.39 Å². The van der Waals surface area contributed by atoms with Crippen LogP contribution in [0.1, 0.15) is 20.3 Å². The van der Waals surface area contributed by atoms with Crippen LogP contribution >= 0.6 is 0 Å². The summed E-state index contributed by atoms with van der Waals surface area (Å²) in [6, 6.07) is 6.03. The minimum absolute atomic E-state index is 0.0830. The number of likely N-dealkylation sites (tertiary alicyclic amines) is 1. The fourth-order valence-electron chi connectivity index (χ4n) is 2.42. The molecular weight excluding hydrogens is 261 g/mol. The molecule has 110 valence electrons. The number of hydrogen-bond donors (Lipinski definition) is 1. The minimum Gasteiger partial charge on any atom is -0.478 e. The molecule has 1 aromatic carbocycles. The highest BCUT2D eigenvalue weighted by Gasteiger charge is 2.32. The lowest BCUT2D eigenvalue weighted by Gasteiger charge is -2.22. The highest BCUT2D eigenvalue weighted by Crippen LogP contribution is 2.22. The van der Waals surface area contributed by atoms with Crippen molar-refractivity contribution >= 4 is 5.91 Å². The summed E-state index contributed by atoms with van der Waals surface area (Å²) in [5.74, 6) is -0.453. The first-order chi connectivity index (χ1) is 9.49. The normalized spacial score (nSPS) is 21.6. The zero-order valence-corrected chi connectivity index (χ0v) is 11.8. The van der Waals surface area contributed by atoms with Gasteiger partial charge in [-0.2, -0.15) is 0 Å². The van der Waals surface area contributed by atoms with Gasteiger partial charge in [-0.15, -0.1) is 0 Å². The summed E-state index contributed by atoms with van der Waals surface area (Å²) in [6.45, 7) is 4.49. The van der Waals surface area contributed by atoms with Gasteiger partial charge < -0.3 is 14.7 Å². The van der Waals surface area contributed by atoms with E-state index < -0.39 is 18.0 Å². The molecule has 2 rings (SSSR count). The van der Waals surface area contributed by atoms with Crippen LogP contribution in [-0.2, 0) is 4.79 Å². The molecule has 20 heavy (non-hydrogen) atoms. The maximum absolute atomic E-state index is 13.5. The number of carbonyl (C=O) groups excluding carboxylic acids is 1. The number of para-hydroxylation sites is 1. The van der Waals surface area contributed by atoms with Crippen LogP contribution in [0.2, 0.25) is 0 Å². The Morgan fingerprint density at radius 3 is 2.75 bits per heavy atom. The van der Waals surface area contributed by atoms with E-state index >= 15 is 0 Å². The molecule has 5 heteroatoms. The van der Waals surface area contributed by atoms with Crippen LogP contribution in [0.15, 0.2) is 24.3 Å². The topological polar surface area (TPSA) is 49.8 Å². The van der Waals surface area contributed by atoms with Crippen molar-refractivity contribution in [3.63, 3.8) is 0 Å². The number of amides is 1. The molecular formula is C15H20FNO3. The maximum atomic E-state index is 13.5. The Morgan fingerprint density at radius 2 is 2.15 bits per heavy atom. The molecule has 0 spiro atoms. The lowest BCUT2D eigenvalue weighted by Crippen LogP contribution is -2.39. The smallest absolute Gasteiger partial charge is 0.263 e. The van der Waals surface area contributed by atoms with Crippen LogP contribution in [0.4, 0.5) is 4.39 Å². The van der Waals surface area contributed by atoms with E-state index in [1.54, 1.807) is 30.9 Å². The first-order valence-corrected chi connectivity index (χ1v) is 6.87. The van der Waals surface area contributed by atoms with Gasteiger partial charge in [0.05, 0.1) is 6.10 Å². The molecule has 4 nitrogen and oxygen atoms in total. The number of hydrogen-bond acceptors (Lipinski definition) is 3. The van der Waals surface area contributed by atoms with Gasteiger partial charge in [-0.3, -0.25) is 4.79 Å². The van der Waals surface area contributed by atoms with Crippen molar-refractivity contribution in [2.24, 2.45) is 5.92 Å². The molecule has 0 aromatic heterocycles. The van der Waals surface area contributed by atoms with Gasteiger partial charge in [0.1, 0.15) is 0 Å². The Morgan fingerprint density at radius 1 is 1.45 bits per heavy atom. The van der Waals surface area contributed by atoms with E-state index in [4.69, 9.17) is 4.74 Å². The zero-order chi connectivity index (χ0) is 14.7. The number of aliphatic hydroxyl groups excluding tert-OH is 1. The van der Waals surface area contributed by atoms with E-state index in [1.165, 1.54) is 12.1 Å². The number of ether oxygens (including phenoxy) is 1. The monoisotopic (exact) mass is 281 g/mol. The second-order valence-corrected chi connectivity index (χ2v) is 5.26. The van der Waals surface area contributed by atoms with Crippen molar-refractivity contribution in [2.45, 2.75) is 32.5 Å². The summed E-state index contributed by atoms with van der Waals surface area (Å²) in [5, 5.41) is 9.54. The van der Waals surface area contributed by atoms with Gasteiger partial charge in [-0.1, -0.05) is 12.1 Å². The molecule has 1 aliphatic rings. The lowest BCUT2D eigenvalue weighted by atomic mass is 10.0. The Bertz CT molecular complexity index is 478. The maximum Gasteiger partial charge on any atom is 0.263 e. The largest absolute Gasteiger partial charge is 0.478 e. The standard InChI is InChI=1S/C15H20FNO3/c1-10(18)12-7-8-17(9-12)15(19)11(2)20-14-6-4-3-5-13(14)16/h3-6,10-12,18H,7-9H2,1-2H3. The molecule has 1 amide bonds. The van der Waals surface area contributed by atoms with Crippen molar-refractivity contribution < 1.29 is 19.0 Å². The molecule has 0 saturated carbocycles. The Hall–Kier alpha value is -1.62. The summed E-state index contributed by atoms with van der Waals surface area (Å²) >= 11 is 0. The Kier molecular flexibility index (Phi) is 4.60. The van der Waals surface area contributed by atoms with Crippen LogP contribution in [-0.4, -0.2) is 41.2 Å². The van der Waals surface area contributed by atoms with E-state index in [-0.39, 0.29) is 17.6 Å². The summed E-state index contributed by atoms with van der Waals surface area (Å²) in [4.78, 5) is 13.9. The molecule has 0 bridgehead atoms. The molecule has 0 radical (unpaired) electrons. The number of carbonyl (C=O) groups is 1. The molecule has 1 heterocycles. The molecule has 1 saturated heterocycles. The van der Waals surface area contributed by atoms with Crippen molar-refractivity contribution in [1.29, 1.82) is 0 Å². The van der Waals surface area contributed by atoms with E-state index in [9.17, 15) is 14.3 Å². The van der Waals surface area contributed by atoms with Crippen LogP contribution in [0.25, 0.3) is 0 Å². The average Bonchev–Trinajstić information content (AvgIpc) is 2.90. The average molecular weight is 281 g/mol. The van der Waals surface area contributed by atoms with Crippen LogP contribution in [0.5, 0.6) is 5.75 Å². The molecule has 1 aliphatic heterocycles. The fraction of sp³-hybridized carbons (Fsp3) is 0.533. The first-order valence-electron chi connectivity index (χ1n) is 6.87. The summed E-state index contributed by atoms with van der Waals surface area (Å²) < 4.78 is 18.9. The van der Waals surface area contributed by atoms with Gasteiger partial charge in [0.15, 0.2) is 17.7 Å². The lowest BCUT2D eigenvalue weighted by molar-refractivity contribution is -0.137. The van der Waals surface area contributed by atoms with E-state index in [2.05, 4.69) is 0 Å². The summed E-state index contributed by atoms with van der Waals surface area (Å²) in [6.07, 6.45) is -0.370. The SMILES string of the molecule is CC(Oc1ccccc1F)C(=O)N1CCC(C(C)O)C1. The van der Waals surface area contributed by atoms with Crippen molar-refractivity contribution in [1.82, 2.24) is 4.90 Å². The number of aliphatic hydroxyl groups is 1. The molecule has 1 fully saturated rings. The minimum atomic E-state index is -0.736. The van der Waals surface area contributed by atoms with Gasteiger partial charge in [0.25, 0.3) is 5.91 Å². The molecule has 3 atom stereocenters. The third-order valence-electron chi connectivity index (χ3n) is 3.71. The van der Waals surface area contributed by atoms with Gasteiger partial charge in [0.2, 0.25) is 0 Å². The molecule has 1 aromatic rings. The van der Waals surface area contributed by atoms with E-state index in [1.807, 2.05) is 0 Å². The highest BCUT2D eigenvalue weighted by molar-refractivity contribution is 5.81. The molecule has 3 unspecified atom stereocenters. The predicted molar refractivity (Wildman–Crippen MR) is 72.9 cm³/mol. The summed E-state index contributed by atoms with van der Waals surface area (Å²) in [5.41, 5.74) is 0. The van der Waals surface area contributed by atoms with E-state index in [0.29, 0.717) is 13.1 Å². The Balaban J connectivity index is 1.95. The van der Waals surface area contributed by atoms with Crippen molar-refractivity contribution in [3.8, 4) is 5.75 Å².